The summed E-state index contributed by atoms with van der Waals surface area (Å²) in [6.07, 6.45) is 1.97. The summed E-state index contributed by atoms with van der Waals surface area (Å²) >= 11 is 0. The van der Waals surface area contributed by atoms with Gasteiger partial charge in [0.25, 0.3) is 0 Å². The Kier molecular flexibility index (Phi) is 5.77. The number of likely N-dealkylation sites (tertiary alicyclic amines) is 1. The van der Waals surface area contributed by atoms with E-state index in [9.17, 15) is 9.90 Å². The van der Waals surface area contributed by atoms with Crippen LogP contribution >= 0.6 is 0 Å². The summed E-state index contributed by atoms with van der Waals surface area (Å²) in [5, 5.41) is 9.74. The molecule has 0 bridgehead atoms. The average molecular weight is 229 g/mol. The number of rotatable bonds is 5. The largest absolute Gasteiger partial charge is 0.466 e. The van der Waals surface area contributed by atoms with E-state index < -0.39 is 6.10 Å². The van der Waals surface area contributed by atoms with Crippen molar-refractivity contribution < 1.29 is 14.6 Å². The number of piperidine rings is 1. The second kappa shape index (κ2) is 6.86. The van der Waals surface area contributed by atoms with Gasteiger partial charge in [0.05, 0.1) is 19.1 Å². The van der Waals surface area contributed by atoms with Crippen LogP contribution in [0.4, 0.5) is 0 Å². The summed E-state index contributed by atoms with van der Waals surface area (Å²) in [4.78, 5) is 13.4. The highest BCUT2D eigenvalue weighted by atomic mass is 16.5. The highest BCUT2D eigenvalue weighted by Crippen LogP contribution is 2.15. The number of hydrogen-bond donors (Lipinski definition) is 1. The predicted octanol–water partition coefficient (Wildman–Crippen LogP) is 1.03. The van der Waals surface area contributed by atoms with Crippen molar-refractivity contribution in [2.24, 2.45) is 5.92 Å². The molecule has 0 amide bonds. The molecule has 4 heteroatoms. The van der Waals surface area contributed by atoms with Crippen LogP contribution in [0.2, 0.25) is 0 Å². The van der Waals surface area contributed by atoms with Gasteiger partial charge in [0.1, 0.15) is 0 Å². The van der Waals surface area contributed by atoms with Crippen LogP contribution in [-0.2, 0) is 9.53 Å². The second-order valence-electron chi connectivity index (χ2n) is 4.67. The Morgan fingerprint density at radius 1 is 1.62 bits per heavy atom. The van der Waals surface area contributed by atoms with Crippen molar-refractivity contribution in [3.8, 4) is 0 Å². The molecule has 4 nitrogen and oxygen atoms in total. The Balaban J connectivity index is 2.22. The van der Waals surface area contributed by atoms with Gasteiger partial charge in [-0.05, 0) is 32.2 Å². The van der Waals surface area contributed by atoms with Crippen molar-refractivity contribution in [3.05, 3.63) is 0 Å². The SMILES string of the molecule is CCOC(=O)CC(O)CN1CCCC(C)C1. The van der Waals surface area contributed by atoms with Gasteiger partial charge in [-0.25, -0.2) is 0 Å². The number of carbonyl (C=O) groups excluding carboxylic acids is 1. The molecule has 0 aliphatic carbocycles. The normalized spacial score (nSPS) is 24.1. The lowest BCUT2D eigenvalue weighted by Crippen LogP contribution is -2.40. The molecule has 2 unspecified atom stereocenters. The lowest BCUT2D eigenvalue weighted by Gasteiger charge is -2.32. The molecule has 1 saturated heterocycles. The van der Waals surface area contributed by atoms with Crippen LogP contribution in [0.5, 0.6) is 0 Å². The highest BCUT2D eigenvalue weighted by molar-refractivity contribution is 5.69. The van der Waals surface area contributed by atoms with Crippen LogP contribution in [0.25, 0.3) is 0 Å². The molecule has 1 aliphatic heterocycles. The summed E-state index contributed by atoms with van der Waals surface area (Å²) in [5.41, 5.74) is 0. The molecule has 94 valence electrons. The standard InChI is InChI=1S/C12H23NO3/c1-3-16-12(15)7-11(14)9-13-6-4-5-10(2)8-13/h10-11,14H,3-9H2,1-2H3. The van der Waals surface area contributed by atoms with E-state index in [-0.39, 0.29) is 12.4 Å². The third kappa shape index (κ3) is 4.94. The number of β-amino-alcohol motifs (C(OH)–C–C–N with tert-alkyl or cyclic N) is 1. The average Bonchev–Trinajstić information content (AvgIpc) is 2.17. The van der Waals surface area contributed by atoms with Gasteiger partial charge < -0.3 is 14.7 Å². The molecule has 0 radical (unpaired) electrons. The first-order valence-electron chi connectivity index (χ1n) is 6.17. The minimum absolute atomic E-state index is 0.110. The monoisotopic (exact) mass is 229 g/mol. The number of esters is 1. The second-order valence-corrected chi connectivity index (χ2v) is 4.67. The minimum Gasteiger partial charge on any atom is -0.466 e. The van der Waals surface area contributed by atoms with E-state index in [0.29, 0.717) is 19.1 Å². The topological polar surface area (TPSA) is 49.8 Å². The summed E-state index contributed by atoms with van der Waals surface area (Å²) in [5.74, 6) is 0.392. The summed E-state index contributed by atoms with van der Waals surface area (Å²) in [6.45, 7) is 7.03. The van der Waals surface area contributed by atoms with Crippen molar-refractivity contribution >= 4 is 5.97 Å². The van der Waals surface area contributed by atoms with Gasteiger partial charge in [0.2, 0.25) is 0 Å². The van der Waals surface area contributed by atoms with E-state index >= 15 is 0 Å². The molecule has 1 rings (SSSR count). The molecule has 0 spiro atoms. The quantitative estimate of drug-likeness (QED) is 0.715. The zero-order chi connectivity index (χ0) is 12.0. The fourth-order valence-electron chi connectivity index (χ4n) is 2.23. The van der Waals surface area contributed by atoms with Gasteiger partial charge in [-0.2, -0.15) is 0 Å². The van der Waals surface area contributed by atoms with Gasteiger partial charge >= 0.3 is 5.97 Å². The van der Waals surface area contributed by atoms with Gasteiger partial charge in [-0.15, -0.1) is 0 Å². The molecule has 16 heavy (non-hydrogen) atoms. The Morgan fingerprint density at radius 3 is 3.00 bits per heavy atom. The maximum Gasteiger partial charge on any atom is 0.308 e. The number of ether oxygens (including phenoxy) is 1. The van der Waals surface area contributed by atoms with Crippen molar-refractivity contribution in [2.75, 3.05) is 26.2 Å². The lowest BCUT2D eigenvalue weighted by molar-refractivity contribution is -0.145. The third-order valence-corrected chi connectivity index (χ3v) is 2.92. The highest BCUT2D eigenvalue weighted by Gasteiger charge is 2.20. The molecule has 0 aromatic rings. The first kappa shape index (κ1) is 13.5. The third-order valence-electron chi connectivity index (χ3n) is 2.92. The molecule has 1 heterocycles. The van der Waals surface area contributed by atoms with Crippen LogP contribution in [0, 0.1) is 5.92 Å². The molecule has 1 fully saturated rings. The molecule has 1 aliphatic rings. The number of aliphatic hydroxyl groups is 1. The minimum atomic E-state index is -0.593. The van der Waals surface area contributed by atoms with E-state index in [2.05, 4.69) is 11.8 Å². The maximum absolute atomic E-state index is 11.2. The molecular formula is C12H23NO3. The van der Waals surface area contributed by atoms with E-state index in [4.69, 9.17) is 4.74 Å². The van der Waals surface area contributed by atoms with Crippen molar-refractivity contribution in [1.29, 1.82) is 0 Å². The van der Waals surface area contributed by atoms with Crippen LogP contribution in [-0.4, -0.2) is 48.3 Å². The predicted molar refractivity (Wildman–Crippen MR) is 62.1 cm³/mol. The smallest absolute Gasteiger partial charge is 0.308 e. The summed E-state index contributed by atoms with van der Waals surface area (Å²) in [7, 11) is 0. The van der Waals surface area contributed by atoms with Crippen molar-refractivity contribution in [1.82, 2.24) is 4.90 Å². The van der Waals surface area contributed by atoms with Crippen molar-refractivity contribution in [3.63, 3.8) is 0 Å². The maximum atomic E-state index is 11.2. The Morgan fingerprint density at radius 2 is 2.38 bits per heavy atom. The number of hydrogen-bond acceptors (Lipinski definition) is 4. The Hall–Kier alpha value is -0.610. The fraction of sp³-hybridized carbons (Fsp3) is 0.917. The molecule has 0 aromatic heterocycles. The van der Waals surface area contributed by atoms with E-state index in [1.165, 1.54) is 12.8 Å². The fourth-order valence-corrected chi connectivity index (χ4v) is 2.23. The van der Waals surface area contributed by atoms with Crippen molar-refractivity contribution in [2.45, 2.75) is 39.2 Å². The van der Waals surface area contributed by atoms with E-state index in [0.717, 1.165) is 13.1 Å². The molecule has 1 N–H and O–H groups in total. The zero-order valence-electron chi connectivity index (χ0n) is 10.3. The Bertz CT molecular complexity index is 220. The lowest BCUT2D eigenvalue weighted by atomic mass is 10.00. The van der Waals surface area contributed by atoms with Gasteiger partial charge in [0.15, 0.2) is 0 Å². The van der Waals surface area contributed by atoms with E-state index in [1.54, 1.807) is 6.92 Å². The van der Waals surface area contributed by atoms with Crippen LogP contribution in [0.3, 0.4) is 0 Å². The van der Waals surface area contributed by atoms with Crippen LogP contribution in [0.1, 0.15) is 33.1 Å². The molecular weight excluding hydrogens is 206 g/mol. The first-order valence-corrected chi connectivity index (χ1v) is 6.17. The number of carbonyl (C=O) groups is 1. The summed E-state index contributed by atoms with van der Waals surface area (Å²) in [6, 6.07) is 0. The van der Waals surface area contributed by atoms with Gasteiger partial charge in [-0.1, -0.05) is 6.92 Å². The van der Waals surface area contributed by atoms with Gasteiger partial charge in [-0.3, -0.25) is 4.79 Å². The van der Waals surface area contributed by atoms with Gasteiger partial charge in [0, 0.05) is 13.1 Å². The molecule has 0 aromatic carbocycles. The molecule has 2 atom stereocenters. The number of aliphatic hydroxyl groups excluding tert-OH is 1. The van der Waals surface area contributed by atoms with E-state index in [1.807, 2.05) is 0 Å². The Labute approximate surface area is 97.6 Å². The zero-order valence-corrected chi connectivity index (χ0v) is 10.3. The summed E-state index contributed by atoms with van der Waals surface area (Å²) < 4.78 is 4.81. The van der Waals surface area contributed by atoms with Crippen LogP contribution < -0.4 is 0 Å². The first-order chi connectivity index (χ1) is 7.61. The van der Waals surface area contributed by atoms with Crippen LogP contribution in [0.15, 0.2) is 0 Å². The number of nitrogens with zero attached hydrogens (tertiary/aromatic N) is 1. The molecule has 0 saturated carbocycles.